The number of piperidine rings is 2. The highest BCUT2D eigenvalue weighted by molar-refractivity contribution is 5.98. The van der Waals surface area contributed by atoms with Gasteiger partial charge in [0.15, 0.2) is 0 Å². The van der Waals surface area contributed by atoms with E-state index in [4.69, 9.17) is 13.8 Å². The lowest BCUT2D eigenvalue weighted by Gasteiger charge is -2.31. The number of aromatic nitrogens is 6. The maximum Gasteiger partial charge on any atom is 0.255 e. The van der Waals surface area contributed by atoms with Gasteiger partial charge in [0.2, 0.25) is 23.4 Å². The first-order chi connectivity index (χ1) is 29.8. The number of nitrogens with zero attached hydrogens (tertiary/aromatic N) is 8. The molecule has 10 rings (SSSR count). The topological polar surface area (TPSA) is 160 Å². The van der Waals surface area contributed by atoms with Crippen LogP contribution in [0, 0.1) is 11.6 Å². The second-order valence-corrected chi connectivity index (χ2v) is 15.4. The van der Waals surface area contributed by atoms with E-state index in [0.29, 0.717) is 85.1 Å². The molecular weight excluding hydrogens is 785 g/mol. The van der Waals surface area contributed by atoms with Gasteiger partial charge in [0.05, 0.1) is 30.6 Å². The summed E-state index contributed by atoms with van der Waals surface area (Å²) in [6, 6.07) is 23.3. The Bertz CT molecular complexity index is 2590. The number of amides is 2. The normalized spacial score (nSPS) is 18.2. The number of anilines is 1. The Hall–Kier alpha value is -6.81. The maximum absolute atomic E-state index is 13.2. The van der Waals surface area contributed by atoms with Crippen LogP contribution in [0.4, 0.5) is 14.6 Å². The van der Waals surface area contributed by atoms with Crippen LogP contribution in [-0.4, -0.2) is 104 Å². The average Bonchev–Trinajstić information content (AvgIpc) is 4.12. The number of aromatic amines is 1. The first-order valence-corrected chi connectivity index (χ1v) is 20.5. The highest BCUT2D eigenvalue weighted by Crippen LogP contribution is 2.31. The van der Waals surface area contributed by atoms with Crippen molar-refractivity contribution in [2.45, 2.75) is 37.5 Å². The van der Waals surface area contributed by atoms with E-state index in [-0.39, 0.29) is 35.3 Å². The molecule has 0 spiro atoms. The smallest absolute Gasteiger partial charge is 0.255 e. The van der Waals surface area contributed by atoms with Crippen molar-refractivity contribution < 1.29 is 32.2 Å². The van der Waals surface area contributed by atoms with Gasteiger partial charge in [-0.1, -0.05) is 10.3 Å². The highest BCUT2D eigenvalue weighted by Gasteiger charge is 2.31. The average molecular weight is 828 g/mol. The lowest BCUT2D eigenvalue weighted by molar-refractivity contribution is 0.0688. The molecule has 0 unspecified atom stereocenters. The van der Waals surface area contributed by atoms with Crippen LogP contribution in [0.3, 0.4) is 0 Å². The number of carbonyl (C=O) groups is 2. The molecule has 0 saturated carbocycles. The Kier molecular flexibility index (Phi) is 11.6. The van der Waals surface area contributed by atoms with Crippen LogP contribution in [-0.2, 0) is 4.74 Å². The molecule has 7 heterocycles. The van der Waals surface area contributed by atoms with Gasteiger partial charge in [0, 0.05) is 79.3 Å². The van der Waals surface area contributed by atoms with E-state index >= 15 is 0 Å². The van der Waals surface area contributed by atoms with Gasteiger partial charge in [-0.3, -0.25) is 9.59 Å². The molecule has 0 aliphatic carbocycles. The molecule has 4 aromatic heterocycles. The minimum atomic E-state index is -0.314. The molecule has 3 fully saturated rings. The molecule has 2 amide bonds. The van der Waals surface area contributed by atoms with Crippen LogP contribution in [0.5, 0.6) is 0 Å². The summed E-state index contributed by atoms with van der Waals surface area (Å²) in [6.45, 7) is 5.42. The maximum atomic E-state index is 13.2. The molecule has 14 nitrogen and oxygen atoms in total. The van der Waals surface area contributed by atoms with Crippen LogP contribution in [0.25, 0.3) is 33.7 Å². The fraction of sp³-hybridized carbons (Fsp3) is 0.311. The quantitative estimate of drug-likeness (QED) is 0.170. The van der Waals surface area contributed by atoms with E-state index in [9.17, 15) is 18.4 Å². The predicted molar refractivity (Wildman–Crippen MR) is 221 cm³/mol. The Balaban J connectivity index is 0.000000157. The number of hydrogen-bond donors (Lipinski definition) is 1. The molecule has 3 aliphatic heterocycles. The van der Waals surface area contributed by atoms with Gasteiger partial charge in [-0.15, -0.1) is 0 Å². The van der Waals surface area contributed by atoms with Crippen LogP contribution in [0.2, 0.25) is 0 Å². The summed E-state index contributed by atoms with van der Waals surface area (Å²) in [5.41, 5.74) is 3.65. The van der Waals surface area contributed by atoms with Crippen molar-refractivity contribution in [1.82, 2.24) is 40.0 Å². The molecule has 16 heteroatoms. The lowest BCUT2D eigenvalue weighted by Crippen LogP contribution is -2.39. The molecule has 312 valence electrons. The van der Waals surface area contributed by atoms with Crippen LogP contribution < -0.4 is 4.90 Å². The van der Waals surface area contributed by atoms with Crippen molar-refractivity contribution in [2.75, 3.05) is 57.4 Å². The lowest BCUT2D eigenvalue weighted by atomic mass is 9.97. The van der Waals surface area contributed by atoms with E-state index < -0.39 is 0 Å². The van der Waals surface area contributed by atoms with Crippen molar-refractivity contribution in [3.05, 3.63) is 132 Å². The molecule has 0 bridgehead atoms. The number of rotatable bonds is 7. The highest BCUT2D eigenvalue weighted by atomic mass is 19.1. The molecular formula is C45H43F2N9O5. The number of likely N-dealkylation sites (tertiary alicyclic amines) is 2. The largest absolute Gasteiger partial charge is 0.378 e. The number of pyridine rings is 1. The summed E-state index contributed by atoms with van der Waals surface area (Å²) in [4.78, 5) is 48.5. The Morgan fingerprint density at radius 1 is 0.656 bits per heavy atom. The number of fused-ring (bicyclic) bond motifs is 1. The standard InChI is InChI=1S/C23H24FN5O3.C22H19FN4O2/c24-19-6-3-16(4-7-19)21-26-22(32-27-21)18-2-1-9-29(15-18)23(30)17-5-8-20(25-14-17)28-10-12-31-13-11-28;23-18-6-3-14(4-7-18)20-25-21(29-26-20)17-2-1-11-27(13-17)22(28)16-5-8-19-15(12-16)9-10-24-19/h3-8,14,18H,1-2,9-13,15H2;3-10,12,17,24H,1-2,11,13H2/t18-;17-/m00/s1. The van der Waals surface area contributed by atoms with E-state index in [1.807, 2.05) is 52.4 Å². The first kappa shape index (κ1) is 39.6. The van der Waals surface area contributed by atoms with Crippen molar-refractivity contribution in [3.63, 3.8) is 0 Å². The zero-order chi connectivity index (χ0) is 41.7. The van der Waals surface area contributed by atoms with E-state index in [2.05, 4.69) is 35.1 Å². The third-order valence-electron chi connectivity index (χ3n) is 11.3. The number of carbonyl (C=O) groups excluding carboxylic acids is 2. The summed E-state index contributed by atoms with van der Waals surface area (Å²) in [6.07, 6.45) is 6.98. The van der Waals surface area contributed by atoms with Crippen molar-refractivity contribution in [2.24, 2.45) is 0 Å². The number of H-pyrrole nitrogens is 1. The first-order valence-electron chi connectivity index (χ1n) is 20.5. The molecule has 1 N–H and O–H groups in total. The van der Waals surface area contributed by atoms with Crippen LogP contribution >= 0.6 is 0 Å². The summed E-state index contributed by atoms with van der Waals surface area (Å²) in [5, 5.41) is 9.09. The Morgan fingerprint density at radius 2 is 1.21 bits per heavy atom. The second kappa shape index (κ2) is 17.8. The number of benzene rings is 3. The predicted octanol–water partition coefficient (Wildman–Crippen LogP) is 7.50. The number of nitrogens with one attached hydrogen (secondary N) is 1. The zero-order valence-electron chi connectivity index (χ0n) is 33.3. The monoisotopic (exact) mass is 827 g/mol. The minimum absolute atomic E-state index is 0.00890. The third kappa shape index (κ3) is 9.04. The Labute approximate surface area is 349 Å². The third-order valence-corrected chi connectivity index (χ3v) is 11.3. The van der Waals surface area contributed by atoms with E-state index in [1.165, 1.54) is 24.3 Å². The molecule has 2 atom stereocenters. The number of morpholine rings is 1. The van der Waals surface area contributed by atoms with Gasteiger partial charge in [0.1, 0.15) is 17.5 Å². The summed E-state index contributed by atoms with van der Waals surface area (Å²) in [5.74, 6) is 2.03. The minimum Gasteiger partial charge on any atom is -0.378 e. The van der Waals surface area contributed by atoms with Gasteiger partial charge >= 0.3 is 0 Å². The summed E-state index contributed by atoms with van der Waals surface area (Å²) >= 11 is 0. The van der Waals surface area contributed by atoms with Crippen molar-refractivity contribution >= 4 is 28.5 Å². The number of halogens is 2. The van der Waals surface area contributed by atoms with Gasteiger partial charge in [0.25, 0.3) is 11.8 Å². The van der Waals surface area contributed by atoms with Crippen LogP contribution in [0.1, 0.15) is 70.0 Å². The Morgan fingerprint density at radius 3 is 1.77 bits per heavy atom. The van der Waals surface area contributed by atoms with Crippen LogP contribution in [0.15, 0.2) is 106 Å². The summed E-state index contributed by atoms with van der Waals surface area (Å²) in [7, 11) is 0. The van der Waals surface area contributed by atoms with E-state index in [0.717, 1.165) is 55.5 Å². The van der Waals surface area contributed by atoms with Gasteiger partial charge in [-0.2, -0.15) is 9.97 Å². The van der Waals surface area contributed by atoms with E-state index in [1.54, 1.807) is 30.5 Å². The van der Waals surface area contributed by atoms with Gasteiger partial charge < -0.3 is 33.5 Å². The summed E-state index contributed by atoms with van der Waals surface area (Å²) < 4.78 is 42.6. The molecule has 0 radical (unpaired) electrons. The fourth-order valence-corrected chi connectivity index (χ4v) is 8.00. The SMILES string of the molecule is O=C(c1ccc(N2CCOCC2)nc1)N1CCC[C@H](c2nc(-c3ccc(F)cc3)no2)C1.O=C(c1ccc2[nH]ccc2c1)N1CCC[C@H](c2nc(-c3ccc(F)cc3)no2)C1. The fourth-order valence-electron chi connectivity index (χ4n) is 8.00. The van der Waals surface area contributed by atoms with Crippen molar-refractivity contribution in [1.29, 1.82) is 0 Å². The second-order valence-electron chi connectivity index (χ2n) is 15.4. The molecule has 3 saturated heterocycles. The molecule has 3 aromatic carbocycles. The number of ether oxygens (including phenoxy) is 1. The zero-order valence-corrected chi connectivity index (χ0v) is 33.3. The molecule has 61 heavy (non-hydrogen) atoms. The molecule has 3 aliphatic rings. The van der Waals surface area contributed by atoms with Gasteiger partial charge in [-0.05, 0) is 111 Å². The number of hydrogen-bond acceptors (Lipinski definition) is 11. The van der Waals surface area contributed by atoms with Crippen molar-refractivity contribution in [3.8, 4) is 22.8 Å². The molecule has 7 aromatic rings. The van der Waals surface area contributed by atoms with Gasteiger partial charge in [-0.25, -0.2) is 13.8 Å².